The molecule has 4 nitrogen and oxygen atoms in total. The zero-order chi connectivity index (χ0) is 13.0. The molecule has 2 N–H and O–H groups in total. The standard InChI is InChI=1S/C14H27N3O/c1-11(14(18)16-12-6-3-4-7-12)17(2)13-8-5-9-15-10-13/h11-13,15H,3-10H2,1-2H3,(H,16,18). The molecule has 4 heteroatoms. The van der Waals surface area contributed by atoms with Gasteiger partial charge in [-0.2, -0.15) is 0 Å². The van der Waals surface area contributed by atoms with Crippen molar-refractivity contribution in [1.82, 2.24) is 15.5 Å². The van der Waals surface area contributed by atoms with Crippen LogP contribution in [0.3, 0.4) is 0 Å². The number of hydrogen-bond acceptors (Lipinski definition) is 3. The predicted octanol–water partition coefficient (Wildman–Crippen LogP) is 1.12. The lowest BCUT2D eigenvalue weighted by molar-refractivity contribution is -0.127. The number of likely N-dealkylation sites (N-methyl/N-ethyl adjacent to an activating group) is 1. The third-order valence-corrected chi connectivity index (χ3v) is 4.54. The molecule has 2 aliphatic rings. The van der Waals surface area contributed by atoms with Crippen LogP contribution in [0.2, 0.25) is 0 Å². The fraction of sp³-hybridized carbons (Fsp3) is 0.929. The van der Waals surface area contributed by atoms with E-state index in [9.17, 15) is 4.79 Å². The first kappa shape index (κ1) is 13.8. The second kappa shape index (κ2) is 6.53. The van der Waals surface area contributed by atoms with Crippen molar-refractivity contribution >= 4 is 5.91 Å². The Hall–Kier alpha value is -0.610. The van der Waals surface area contributed by atoms with Gasteiger partial charge < -0.3 is 10.6 Å². The topological polar surface area (TPSA) is 44.4 Å². The maximum absolute atomic E-state index is 12.2. The van der Waals surface area contributed by atoms with Crippen LogP contribution in [0.5, 0.6) is 0 Å². The number of carbonyl (C=O) groups is 1. The van der Waals surface area contributed by atoms with Crippen LogP contribution >= 0.6 is 0 Å². The Bertz CT molecular complexity index is 270. The zero-order valence-corrected chi connectivity index (χ0v) is 11.7. The van der Waals surface area contributed by atoms with Crippen LogP contribution in [0, 0.1) is 0 Å². The van der Waals surface area contributed by atoms with E-state index in [-0.39, 0.29) is 11.9 Å². The van der Waals surface area contributed by atoms with Crippen LogP contribution in [0.15, 0.2) is 0 Å². The first-order valence-corrected chi connectivity index (χ1v) is 7.41. The van der Waals surface area contributed by atoms with Gasteiger partial charge in [0.1, 0.15) is 0 Å². The van der Waals surface area contributed by atoms with E-state index < -0.39 is 0 Å². The molecule has 1 saturated heterocycles. The molecule has 0 aromatic rings. The van der Waals surface area contributed by atoms with E-state index in [0.29, 0.717) is 12.1 Å². The normalized spacial score (nSPS) is 27.4. The minimum absolute atomic E-state index is 0.0181. The largest absolute Gasteiger partial charge is 0.352 e. The van der Waals surface area contributed by atoms with E-state index in [2.05, 4.69) is 22.6 Å². The van der Waals surface area contributed by atoms with Crippen LogP contribution in [0.25, 0.3) is 0 Å². The molecule has 1 heterocycles. The van der Waals surface area contributed by atoms with E-state index in [4.69, 9.17) is 0 Å². The number of hydrogen-bond donors (Lipinski definition) is 2. The average Bonchev–Trinajstić information content (AvgIpc) is 2.91. The van der Waals surface area contributed by atoms with Crippen molar-refractivity contribution in [3.05, 3.63) is 0 Å². The van der Waals surface area contributed by atoms with Crippen LogP contribution in [-0.4, -0.2) is 49.1 Å². The Morgan fingerprint density at radius 3 is 2.61 bits per heavy atom. The Morgan fingerprint density at radius 1 is 1.28 bits per heavy atom. The summed E-state index contributed by atoms with van der Waals surface area (Å²) in [4.78, 5) is 14.4. The minimum Gasteiger partial charge on any atom is -0.352 e. The van der Waals surface area contributed by atoms with Gasteiger partial charge in [-0.1, -0.05) is 12.8 Å². The van der Waals surface area contributed by atoms with Gasteiger partial charge in [0.15, 0.2) is 0 Å². The van der Waals surface area contributed by atoms with Crippen LogP contribution in [-0.2, 0) is 4.79 Å². The van der Waals surface area contributed by atoms with Gasteiger partial charge in [0.25, 0.3) is 0 Å². The number of piperidine rings is 1. The van der Waals surface area contributed by atoms with Gasteiger partial charge in [-0.05, 0) is 46.2 Å². The molecule has 0 aromatic heterocycles. The fourth-order valence-electron chi connectivity index (χ4n) is 3.07. The van der Waals surface area contributed by atoms with Gasteiger partial charge in [0.2, 0.25) is 5.91 Å². The van der Waals surface area contributed by atoms with Gasteiger partial charge in [0, 0.05) is 18.6 Å². The number of nitrogens with one attached hydrogen (secondary N) is 2. The summed E-state index contributed by atoms with van der Waals surface area (Å²) in [6, 6.07) is 0.913. The van der Waals surface area contributed by atoms with E-state index in [1.165, 1.54) is 25.7 Å². The molecular formula is C14H27N3O. The lowest BCUT2D eigenvalue weighted by atomic mass is 10.0. The molecule has 2 unspecified atom stereocenters. The lowest BCUT2D eigenvalue weighted by Crippen LogP contribution is -2.53. The monoisotopic (exact) mass is 253 g/mol. The van der Waals surface area contributed by atoms with Gasteiger partial charge >= 0.3 is 0 Å². The van der Waals surface area contributed by atoms with Crippen LogP contribution in [0.4, 0.5) is 0 Å². The molecule has 0 bridgehead atoms. The maximum Gasteiger partial charge on any atom is 0.237 e. The Balaban J connectivity index is 1.80. The highest BCUT2D eigenvalue weighted by Crippen LogP contribution is 2.18. The Kier molecular flexibility index (Phi) is 5.01. The van der Waals surface area contributed by atoms with Crippen molar-refractivity contribution in [1.29, 1.82) is 0 Å². The number of amides is 1. The number of nitrogens with zero attached hydrogens (tertiary/aromatic N) is 1. The highest BCUT2D eigenvalue weighted by molar-refractivity contribution is 5.81. The molecule has 18 heavy (non-hydrogen) atoms. The Labute approximate surface area is 110 Å². The van der Waals surface area contributed by atoms with Crippen molar-refractivity contribution in [3.8, 4) is 0 Å². The highest BCUT2D eigenvalue weighted by atomic mass is 16.2. The summed E-state index contributed by atoms with van der Waals surface area (Å²) in [5.74, 6) is 0.204. The predicted molar refractivity (Wildman–Crippen MR) is 73.5 cm³/mol. The van der Waals surface area contributed by atoms with Crippen molar-refractivity contribution in [2.45, 2.75) is 63.6 Å². The SMILES string of the molecule is CC(C(=O)NC1CCCC1)N(C)C1CCCNC1. The maximum atomic E-state index is 12.2. The molecule has 1 saturated carbocycles. The fourth-order valence-corrected chi connectivity index (χ4v) is 3.07. The number of rotatable bonds is 4. The average molecular weight is 253 g/mol. The zero-order valence-electron chi connectivity index (χ0n) is 11.7. The van der Waals surface area contributed by atoms with E-state index >= 15 is 0 Å². The first-order valence-electron chi connectivity index (χ1n) is 7.41. The van der Waals surface area contributed by atoms with E-state index in [0.717, 1.165) is 25.9 Å². The first-order chi connectivity index (χ1) is 8.68. The molecule has 0 spiro atoms. The molecular weight excluding hydrogens is 226 g/mol. The molecule has 1 aliphatic carbocycles. The van der Waals surface area contributed by atoms with Crippen molar-refractivity contribution in [2.24, 2.45) is 0 Å². The molecule has 1 amide bonds. The number of carbonyl (C=O) groups excluding carboxylic acids is 1. The summed E-state index contributed by atoms with van der Waals surface area (Å²) in [7, 11) is 2.08. The molecule has 2 fully saturated rings. The summed E-state index contributed by atoms with van der Waals surface area (Å²) in [6.07, 6.45) is 7.26. The third-order valence-electron chi connectivity index (χ3n) is 4.54. The van der Waals surface area contributed by atoms with Crippen molar-refractivity contribution in [3.63, 3.8) is 0 Å². The van der Waals surface area contributed by atoms with Crippen molar-refractivity contribution in [2.75, 3.05) is 20.1 Å². The Morgan fingerprint density at radius 2 is 2.00 bits per heavy atom. The third kappa shape index (κ3) is 3.45. The molecule has 104 valence electrons. The highest BCUT2D eigenvalue weighted by Gasteiger charge is 2.27. The summed E-state index contributed by atoms with van der Waals surface area (Å²) in [5.41, 5.74) is 0. The molecule has 2 rings (SSSR count). The molecule has 1 aliphatic heterocycles. The molecule has 2 atom stereocenters. The van der Waals surface area contributed by atoms with E-state index in [1.807, 2.05) is 6.92 Å². The van der Waals surface area contributed by atoms with Gasteiger partial charge in [-0.15, -0.1) is 0 Å². The quantitative estimate of drug-likeness (QED) is 0.789. The summed E-state index contributed by atoms with van der Waals surface area (Å²) in [5, 5.41) is 6.61. The molecule has 0 radical (unpaired) electrons. The second-order valence-electron chi connectivity index (χ2n) is 5.83. The lowest BCUT2D eigenvalue weighted by Gasteiger charge is -2.35. The van der Waals surface area contributed by atoms with Crippen LogP contribution < -0.4 is 10.6 Å². The van der Waals surface area contributed by atoms with Crippen molar-refractivity contribution < 1.29 is 4.79 Å². The summed E-state index contributed by atoms with van der Waals surface area (Å²) < 4.78 is 0. The summed E-state index contributed by atoms with van der Waals surface area (Å²) in [6.45, 7) is 4.16. The smallest absolute Gasteiger partial charge is 0.237 e. The summed E-state index contributed by atoms with van der Waals surface area (Å²) >= 11 is 0. The van der Waals surface area contributed by atoms with E-state index in [1.54, 1.807) is 0 Å². The minimum atomic E-state index is -0.0181. The van der Waals surface area contributed by atoms with Gasteiger partial charge in [-0.25, -0.2) is 0 Å². The second-order valence-corrected chi connectivity index (χ2v) is 5.83. The van der Waals surface area contributed by atoms with Crippen LogP contribution in [0.1, 0.15) is 45.4 Å². The molecule has 0 aromatic carbocycles. The van der Waals surface area contributed by atoms with Gasteiger partial charge in [-0.3, -0.25) is 9.69 Å². The van der Waals surface area contributed by atoms with Gasteiger partial charge in [0.05, 0.1) is 6.04 Å².